The SMILES string of the molecule is CCOC(=O)NCc1ccc(-c2ccc(N3CCC(Cc4nc(C)c(O)c(C(=O)NCC(=O)O)n4)CC3)cc2)cc1. The maximum atomic E-state index is 12.3. The summed E-state index contributed by atoms with van der Waals surface area (Å²) in [5, 5.41) is 24.0. The molecule has 0 atom stereocenters. The van der Waals surface area contributed by atoms with Crippen molar-refractivity contribution in [3.63, 3.8) is 0 Å². The van der Waals surface area contributed by atoms with Gasteiger partial charge in [-0.3, -0.25) is 9.59 Å². The van der Waals surface area contributed by atoms with Gasteiger partial charge in [0.1, 0.15) is 12.4 Å². The van der Waals surface area contributed by atoms with E-state index in [1.807, 2.05) is 24.3 Å². The van der Waals surface area contributed by atoms with E-state index in [1.54, 1.807) is 13.8 Å². The molecule has 1 fully saturated rings. The minimum absolute atomic E-state index is 0.200. The van der Waals surface area contributed by atoms with Crippen molar-refractivity contribution in [1.29, 1.82) is 0 Å². The molecule has 2 heterocycles. The molecule has 216 valence electrons. The number of nitrogens with zero attached hydrogens (tertiary/aromatic N) is 3. The Morgan fingerprint density at radius 2 is 1.61 bits per heavy atom. The van der Waals surface area contributed by atoms with E-state index in [2.05, 4.69) is 49.8 Å². The van der Waals surface area contributed by atoms with Crippen molar-refractivity contribution in [2.24, 2.45) is 5.92 Å². The molecule has 2 aromatic carbocycles. The average Bonchev–Trinajstić information content (AvgIpc) is 2.97. The maximum Gasteiger partial charge on any atom is 0.407 e. The number of rotatable bonds is 10. The number of carboxylic acids is 1. The van der Waals surface area contributed by atoms with Crippen LogP contribution in [0.25, 0.3) is 11.1 Å². The fourth-order valence-corrected chi connectivity index (χ4v) is 4.80. The van der Waals surface area contributed by atoms with Crippen molar-refractivity contribution in [2.75, 3.05) is 31.1 Å². The first-order valence-electron chi connectivity index (χ1n) is 13.6. The summed E-state index contributed by atoms with van der Waals surface area (Å²) in [4.78, 5) is 45.5. The van der Waals surface area contributed by atoms with E-state index in [4.69, 9.17) is 9.84 Å². The lowest BCUT2D eigenvalue weighted by Gasteiger charge is -2.33. The second-order valence-electron chi connectivity index (χ2n) is 9.95. The Hall–Kier alpha value is -4.67. The number of ether oxygens (including phenoxy) is 1. The topological polar surface area (TPSA) is 154 Å². The monoisotopic (exact) mass is 561 g/mol. The zero-order valence-electron chi connectivity index (χ0n) is 23.2. The Morgan fingerprint density at radius 1 is 0.976 bits per heavy atom. The Bertz CT molecular complexity index is 1370. The fraction of sp³-hybridized carbons (Fsp3) is 0.367. The molecule has 3 aromatic rings. The maximum absolute atomic E-state index is 12.3. The second-order valence-corrected chi connectivity index (χ2v) is 9.95. The van der Waals surface area contributed by atoms with Gasteiger partial charge in [-0.05, 0) is 61.4 Å². The summed E-state index contributed by atoms with van der Waals surface area (Å²) < 4.78 is 4.89. The number of hydrogen-bond donors (Lipinski definition) is 4. The largest absolute Gasteiger partial charge is 0.504 e. The number of nitrogens with one attached hydrogen (secondary N) is 2. The van der Waals surface area contributed by atoms with Crippen LogP contribution >= 0.6 is 0 Å². The quantitative estimate of drug-likeness (QED) is 0.290. The summed E-state index contributed by atoms with van der Waals surface area (Å²) in [6.45, 7) is 5.30. The van der Waals surface area contributed by atoms with Gasteiger partial charge in [0.25, 0.3) is 5.91 Å². The molecule has 1 aliphatic rings. The Morgan fingerprint density at radius 3 is 2.22 bits per heavy atom. The molecule has 0 radical (unpaired) electrons. The zero-order chi connectivity index (χ0) is 29.4. The average molecular weight is 562 g/mol. The van der Waals surface area contributed by atoms with E-state index in [-0.39, 0.29) is 17.1 Å². The van der Waals surface area contributed by atoms with E-state index in [0.717, 1.165) is 48.3 Å². The smallest absolute Gasteiger partial charge is 0.407 e. The van der Waals surface area contributed by atoms with Gasteiger partial charge in [-0.2, -0.15) is 0 Å². The van der Waals surface area contributed by atoms with Crippen LogP contribution in [0.5, 0.6) is 5.75 Å². The number of carbonyl (C=O) groups excluding carboxylic acids is 2. The molecule has 0 spiro atoms. The number of aryl methyl sites for hydroxylation is 1. The number of carbonyl (C=O) groups is 3. The van der Waals surface area contributed by atoms with E-state index in [9.17, 15) is 19.5 Å². The summed E-state index contributed by atoms with van der Waals surface area (Å²) >= 11 is 0. The molecule has 1 aromatic heterocycles. The van der Waals surface area contributed by atoms with Gasteiger partial charge in [0.15, 0.2) is 11.4 Å². The lowest BCUT2D eigenvalue weighted by Crippen LogP contribution is -2.34. The molecule has 0 aliphatic carbocycles. The Balaban J connectivity index is 1.31. The Labute approximate surface area is 238 Å². The van der Waals surface area contributed by atoms with Gasteiger partial charge in [0, 0.05) is 31.7 Å². The third-order valence-electron chi connectivity index (χ3n) is 7.04. The number of aliphatic carboxylic acids is 1. The highest BCUT2D eigenvalue weighted by atomic mass is 16.5. The van der Waals surface area contributed by atoms with Crippen LogP contribution in [0.15, 0.2) is 48.5 Å². The highest BCUT2D eigenvalue weighted by molar-refractivity contribution is 5.96. The van der Waals surface area contributed by atoms with Crippen LogP contribution < -0.4 is 15.5 Å². The molecule has 2 amide bonds. The standard InChI is InChI=1S/C30H35N5O6/c1-3-41-30(40)32-17-21-4-6-22(7-5-21)23-8-10-24(11-9-23)35-14-12-20(13-15-35)16-25-33-19(2)28(38)27(34-25)29(39)31-18-26(36)37/h4-11,20,38H,3,12-18H2,1-2H3,(H,31,39)(H,32,40)(H,36,37). The van der Waals surface area contributed by atoms with Crippen LogP contribution in [0.1, 0.15) is 47.3 Å². The predicted octanol–water partition coefficient (Wildman–Crippen LogP) is 3.68. The first kappa shape index (κ1) is 29.3. The van der Waals surface area contributed by atoms with Gasteiger partial charge in [-0.25, -0.2) is 14.8 Å². The van der Waals surface area contributed by atoms with Crippen LogP contribution in [0.4, 0.5) is 10.5 Å². The van der Waals surface area contributed by atoms with Crippen molar-refractivity contribution in [3.8, 4) is 16.9 Å². The van der Waals surface area contributed by atoms with Crippen LogP contribution in [0.3, 0.4) is 0 Å². The van der Waals surface area contributed by atoms with Crippen molar-refractivity contribution in [3.05, 3.63) is 71.3 Å². The molecular formula is C30H35N5O6. The number of alkyl carbamates (subject to hydrolysis) is 1. The summed E-state index contributed by atoms with van der Waals surface area (Å²) in [5.41, 5.74) is 4.43. The van der Waals surface area contributed by atoms with Crippen molar-refractivity contribution < 1.29 is 29.3 Å². The number of carboxylic acid groups (broad SMARTS) is 1. The number of benzene rings is 2. The van der Waals surface area contributed by atoms with Gasteiger partial charge < -0.3 is 30.5 Å². The highest BCUT2D eigenvalue weighted by Crippen LogP contribution is 2.29. The van der Waals surface area contributed by atoms with E-state index in [1.165, 1.54) is 0 Å². The molecule has 4 N–H and O–H groups in total. The molecule has 0 bridgehead atoms. The molecule has 0 unspecified atom stereocenters. The van der Waals surface area contributed by atoms with Gasteiger partial charge in [0.2, 0.25) is 0 Å². The van der Waals surface area contributed by atoms with Crippen molar-refractivity contribution in [2.45, 2.75) is 39.7 Å². The van der Waals surface area contributed by atoms with Crippen molar-refractivity contribution >= 4 is 23.7 Å². The first-order chi connectivity index (χ1) is 19.7. The zero-order valence-corrected chi connectivity index (χ0v) is 23.2. The minimum atomic E-state index is -1.18. The number of amides is 2. The molecule has 11 nitrogen and oxygen atoms in total. The summed E-state index contributed by atoms with van der Waals surface area (Å²) in [6, 6.07) is 16.5. The van der Waals surface area contributed by atoms with Crippen LogP contribution in [-0.4, -0.2) is 64.4 Å². The highest BCUT2D eigenvalue weighted by Gasteiger charge is 2.23. The minimum Gasteiger partial charge on any atom is -0.504 e. The van der Waals surface area contributed by atoms with Crippen LogP contribution in [0, 0.1) is 12.8 Å². The lowest BCUT2D eigenvalue weighted by molar-refractivity contribution is -0.135. The molecule has 11 heteroatoms. The number of piperidine rings is 1. The lowest BCUT2D eigenvalue weighted by atomic mass is 9.92. The van der Waals surface area contributed by atoms with Crippen LogP contribution in [-0.2, 0) is 22.5 Å². The van der Waals surface area contributed by atoms with E-state index < -0.39 is 24.5 Å². The first-order valence-corrected chi connectivity index (χ1v) is 13.6. The normalized spacial score (nSPS) is 13.5. The third-order valence-corrected chi connectivity index (χ3v) is 7.04. The summed E-state index contributed by atoms with van der Waals surface area (Å²) in [7, 11) is 0. The number of hydrogen-bond acceptors (Lipinski definition) is 8. The van der Waals surface area contributed by atoms with Gasteiger partial charge in [0.05, 0.1) is 12.3 Å². The molecular weight excluding hydrogens is 526 g/mol. The Kier molecular flexibility index (Phi) is 9.73. The van der Waals surface area contributed by atoms with Crippen molar-refractivity contribution in [1.82, 2.24) is 20.6 Å². The van der Waals surface area contributed by atoms with Gasteiger partial charge in [-0.1, -0.05) is 36.4 Å². The summed E-state index contributed by atoms with van der Waals surface area (Å²) in [6.07, 6.45) is 1.99. The number of aromatic nitrogens is 2. The molecule has 1 aliphatic heterocycles. The van der Waals surface area contributed by atoms with Gasteiger partial charge in [-0.15, -0.1) is 0 Å². The second kappa shape index (κ2) is 13.6. The van der Waals surface area contributed by atoms with E-state index >= 15 is 0 Å². The number of aromatic hydroxyl groups is 1. The van der Waals surface area contributed by atoms with Crippen LogP contribution in [0.2, 0.25) is 0 Å². The fourth-order valence-electron chi connectivity index (χ4n) is 4.80. The van der Waals surface area contributed by atoms with Gasteiger partial charge >= 0.3 is 12.1 Å². The molecule has 41 heavy (non-hydrogen) atoms. The third kappa shape index (κ3) is 7.93. The molecule has 4 rings (SSSR count). The number of anilines is 1. The molecule has 0 saturated carbocycles. The van der Waals surface area contributed by atoms with E-state index in [0.29, 0.717) is 31.3 Å². The predicted molar refractivity (Wildman–Crippen MR) is 153 cm³/mol. The molecule has 1 saturated heterocycles. The summed E-state index contributed by atoms with van der Waals surface area (Å²) in [5.74, 6) is -1.47.